The third-order valence-corrected chi connectivity index (χ3v) is 5.16. The molecule has 4 rings (SSSR count). The third kappa shape index (κ3) is 4.49. The number of para-hydroxylation sites is 1. The minimum atomic E-state index is -0.233. The highest BCUT2D eigenvalue weighted by Crippen LogP contribution is 2.12. The van der Waals surface area contributed by atoms with Crippen LogP contribution in [0.25, 0.3) is 11.0 Å². The van der Waals surface area contributed by atoms with Crippen LogP contribution in [0, 0.1) is 0 Å². The van der Waals surface area contributed by atoms with Crippen LogP contribution in [0.1, 0.15) is 18.5 Å². The molecule has 3 aromatic rings. The molecule has 1 aromatic heterocycles. The maximum absolute atomic E-state index is 12.5. The molecule has 2 heterocycles. The van der Waals surface area contributed by atoms with E-state index in [-0.39, 0.29) is 18.5 Å². The summed E-state index contributed by atoms with van der Waals surface area (Å²) in [4.78, 5) is 13.8. The number of morpholine rings is 1. The quantitative estimate of drug-likeness (QED) is 0.474. The van der Waals surface area contributed by atoms with Crippen LogP contribution in [0.2, 0.25) is 0 Å². The molecule has 8 nitrogen and oxygen atoms in total. The third-order valence-electron chi connectivity index (χ3n) is 5.16. The second kappa shape index (κ2) is 8.93. The number of quaternary nitrogens is 1. The van der Waals surface area contributed by atoms with Crippen molar-refractivity contribution >= 4 is 22.7 Å². The predicted molar refractivity (Wildman–Crippen MR) is 109 cm³/mol. The maximum atomic E-state index is 12.5. The summed E-state index contributed by atoms with van der Waals surface area (Å²) in [6.07, 6.45) is 0. The minimum Gasteiger partial charge on any atom is -0.370 e. The fourth-order valence-corrected chi connectivity index (χ4v) is 3.76. The second-order valence-electron chi connectivity index (χ2n) is 7.14. The molecule has 1 amide bonds. The Balaban J connectivity index is 1.48. The predicted octanol–water partition coefficient (Wildman–Crippen LogP) is 0.580. The molecular weight excluding hydrogens is 368 g/mol. The highest BCUT2D eigenvalue weighted by molar-refractivity contribution is 5.88. The van der Waals surface area contributed by atoms with E-state index in [1.54, 1.807) is 4.68 Å². The van der Waals surface area contributed by atoms with Crippen molar-refractivity contribution in [3.8, 4) is 0 Å². The van der Waals surface area contributed by atoms with Gasteiger partial charge in [-0.05, 0) is 19.1 Å². The first kappa shape index (κ1) is 19.2. The standard InChI is InChI=1S/C21H24N6O2/c1-16(21(17-7-3-2-4-8-17)26-11-13-29-14-12-26)22-24-20(28)15-27-19-10-6-5-9-18(19)23-25-27/h2-10,21H,11-15H2,1H3,(H,24,28)/p+1/b22-16-/t21-/m1/s1. The van der Waals surface area contributed by atoms with Crippen LogP contribution in [0.4, 0.5) is 0 Å². The largest absolute Gasteiger partial charge is 0.370 e. The molecule has 0 bridgehead atoms. The zero-order valence-electron chi connectivity index (χ0n) is 16.4. The van der Waals surface area contributed by atoms with Crippen molar-refractivity contribution in [1.82, 2.24) is 20.4 Å². The lowest BCUT2D eigenvalue weighted by Crippen LogP contribution is -3.15. The summed E-state index contributed by atoms with van der Waals surface area (Å²) in [7, 11) is 0. The molecule has 0 saturated carbocycles. The van der Waals surface area contributed by atoms with Crippen LogP contribution in [-0.4, -0.2) is 52.9 Å². The smallest absolute Gasteiger partial charge is 0.261 e. The number of benzene rings is 2. The highest BCUT2D eigenvalue weighted by Gasteiger charge is 2.29. The van der Waals surface area contributed by atoms with Gasteiger partial charge in [0.05, 0.1) is 24.4 Å². The summed E-state index contributed by atoms with van der Waals surface area (Å²) in [6, 6.07) is 17.9. The van der Waals surface area contributed by atoms with E-state index in [2.05, 4.69) is 33.0 Å². The van der Waals surface area contributed by atoms with E-state index in [9.17, 15) is 4.79 Å². The lowest BCUT2D eigenvalue weighted by atomic mass is 10.0. The number of aromatic nitrogens is 3. The minimum absolute atomic E-state index is 0.0672. The number of fused-ring (bicyclic) bond motifs is 1. The van der Waals surface area contributed by atoms with Crippen molar-refractivity contribution in [2.45, 2.75) is 19.5 Å². The number of rotatable bonds is 6. The van der Waals surface area contributed by atoms with Gasteiger partial charge < -0.3 is 9.64 Å². The SMILES string of the molecule is C/C(=N/NC(=O)Cn1nnc2ccccc21)[C@H](c1ccccc1)[NH+]1CCOCC1. The molecule has 29 heavy (non-hydrogen) atoms. The molecule has 0 spiro atoms. The Kier molecular flexibility index (Phi) is 5.92. The molecular formula is C21H25N6O2+. The molecule has 8 heteroatoms. The van der Waals surface area contributed by atoms with Gasteiger partial charge in [-0.1, -0.05) is 47.7 Å². The van der Waals surface area contributed by atoms with E-state index in [0.717, 1.165) is 43.0 Å². The fourth-order valence-electron chi connectivity index (χ4n) is 3.76. The molecule has 1 saturated heterocycles. The van der Waals surface area contributed by atoms with Crippen LogP contribution in [0.5, 0.6) is 0 Å². The molecule has 1 aliphatic rings. The number of hydrazone groups is 1. The second-order valence-corrected chi connectivity index (χ2v) is 7.14. The Morgan fingerprint density at radius 3 is 2.69 bits per heavy atom. The molecule has 150 valence electrons. The maximum Gasteiger partial charge on any atom is 0.261 e. The van der Waals surface area contributed by atoms with E-state index < -0.39 is 0 Å². The van der Waals surface area contributed by atoms with Gasteiger partial charge in [0.25, 0.3) is 5.91 Å². The van der Waals surface area contributed by atoms with Crippen LogP contribution >= 0.6 is 0 Å². The van der Waals surface area contributed by atoms with E-state index in [1.807, 2.05) is 49.4 Å². The van der Waals surface area contributed by atoms with Gasteiger partial charge in [-0.3, -0.25) is 4.79 Å². The van der Waals surface area contributed by atoms with Crippen LogP contribution < -0.4 is 10.3 Å². The van der Waals surface area contributed by atoms with Crippen molar-refractivity contribution in [2.24, 2.45) is 5.10 Å². The van der Waals surface area contributed by atoms with Gasteiger partial charge in [-0.2, -0.15) is 5.10 Å². The summed E-state index contributed by atoms with van der Waals surface area (Å²) >= 11 is 0. The Morgan fingerprint density at radius 1 is 1.17 bits per heavy atom. The van der Waals surface area contributed by atoms with E-state index in [1.165, 1.54) is 10.5 Å². The summed E-state index contributed by atoms with van der Waals surface area (Å²) in [5.41, 5.74) is 6.33. The lowest BCUT2D eigenvalue weighted by molar-refractivity contribution is -0.928. The van der Waals surface area contributed by atoms with Crippen molar-refractivity contribution < 1.29 is 14.4 Å². The zero-order chi connectivity index (χ0) is 20.1. The summed E-state index contributed by atoms with van der Waals surface area (Å²) in [5.74, 6) is -0.233. The van der Waals surface area contributed by atoms with Gasteiger partial charge in [0.2, 0.25) is 0 Å². The normalized spacial score (nSPS) is 16.7. The van der Waals surface area contributed by atoms with E-state index in [4.69, 9.17) is 4.74 Å². The highest BCUT2D eigenvalue weighted by atomic mass is 16.5. The molecule has 2 aromatic carbocycles. The summed E-state index contributed by atoms with van der Waals surface area (Å²) < 4.78 is 7.09. The van der Waals surface area contributed by atoms with Gasteiger partial charge >= 0.3 is 0 Å². The Morgan fingerprint density at radius 2 is 1.90 bits per heavy atom. The van der Waals surface area contributed by atoms with Crippen LogP contribution in [0.15, 0.2) is 59.7 Å². The van der Waals surface area contributed by atoms with Gasteiger partial charge in [0.15, 0.2) is 6.04 Å². The first-order valence-corrected chi connectivity index (χ1v) is 9.81. The number of ether oxygens (including phenoxy) is 1. The fraction of sp³-hybridized carbons (Fsp3) is 0.333. The Bertz CT molecular complexity index is 995. The molecule has 1 aliphatic heterocycles. The molecule has 0 aliphatic carbocycles. The monoisotopic (exact) mass is 393 g/mol. The van der Waals surface area contributed by atoms with E-state index in [0.29, 0.717) is 0 Å². The number of carbonyl (C=O) groups is 1. The Labute approximate surface area is 169 Å². The van der Waals surface area contributed by atoms with Crippen molar-refractivity contribution in [3.05, 3.63) is 60.2 Å². The molecule has 1 atom stereocenters. The topological polar surface area (TPSA) is 85.8 Å². The number of nitrogens with zero attached hydrogens (tertiary/aromatic N) is 4. The number of nitrogens with one attached hydrogen (secondary N) is 2. The first-order valence-electron chi connectivity index (χ1n) is 9.81. The summed E-state index contributed by atoms with van der Waals surface area (Å²) in [6.45, 7) is 5.31. The zero-order valence-corrected chi connectivity index (χ0v) is 16.4. The summed E-state index contributed by atoms with van der Waals surface area (Å²) in [5, 5.41) is 12.6. The first-order chi connectivity index (χ1) is 14.2. The average molecular weight is 393 g/mol. The molecule has 1 fully saturated rings. The number of hydrogen-bond donors (Lipinski definition) is 2. The van der Waals surface area contributed by atoms with Gasteiger partial charge in [0, 0.05) is 5.56 Å². The van der Waals surface area contributed by atoms with Crippen molar-refractivity contribution in [1.29, 1.82) is 0 Å². The molecule has 0 unspecified atom stereocenters. The van der Waals surface area contributed by atoms with Gasteiger partial charge in [-0.15, -0.1) is 5.10 Å². The van der Waals surface area contributed by atoms with Crippen LogP contribution in [-0.2, 0) is 16.1 Å². The average Bonchev–Trinajstić information content (AvgIpc) is 3.17. The van der Waals surface area contributed by atoms with E-state index >= 15 is 0 Å². The number of amides is 1. The molecule has 0 radical (unpaired) electrons. The lowest BCUT2D eigenvalue weighted by Gasteiger charge is -2.31. The molecule has 2 N–H and O–H groups in total. The van der Waals surface area contributed by atoms with Gasteiger partial charge in [-0.25, -0.2) is 10.1 Å². The van der Waals surface area contributed by atoms with Gasteiger partial charge in [0.1, 0.15) is 25.2 Å². The number of carbonyl (C=O) groups excluding carboxylic acids is 1. The van der Waals surface area contributed by atoms with Crippen molar-refractivity contribution in [3.63, 3.8) is 0 Å². The Hall–Kier alpha value is -3.10. The van der Waals surface area contributed by atoms with Crippen LogP contribution in [0.3, 0.4) is 0 Å². The van der Waals surface area contributed by atoms with Crippen molar-refractivity contribution in [2.75, 3.05) is 26.3 Å². The number of hydrogen-bond acceptors (Lipinski definition) is 5.